The van der Waals surface area contributed by atoms with Crippen LogP contribution in [0.25, 0.3) is 0 Å². The van der Waals surface area contributed by atoms with Crippen molar-refractivity contribution in [3.63, 3.8) is 0 Å². The Morgan fingerprint density at radius 1 is 1.23 bits per heavy atom. The molecular formula is C19H27ClN4O2. The molecule has 0 bridgehead atoms. The molecule has 5 N–H and O–H groups in total. The highest BCUT2D eigenvalue weighted by Gasteiger charge is 2.44. The van der Waals surface area contributed by atoms with E-state index in [4.69, 9.17) is 23.1 Å². The standard InChI is InChI=1S/C19H27ClN4O2/c20-15-6-5-13(11-21)14(10-15)12-23-17(25)16-4-3-9-24(16)18(26)19(22)7-1-2-8-19/h5-6,10,16H,1-4,7-9,11-12,21-22H2,(H,23,25)/t16-/m0/s1. The van der Waals surface area contributed by atoms with Gasteiger partial charge in [0.2, 0.25) is 11.8 Å². The van der Waals surface area contributed by atoms with E-state index >= 15 is 0 Å². The van der Waals surface area contributed by atoms with Gasteiger partial charge in [0.1, 0.15) is 6.04 Å². The molecule has 7 heteroatoms. The number of rotatable bonds is 5. The van der Waals surface area contributed by atoms with Crippen LogP contribution in [0.5, 0.6) is 0 Å². The quantitative estimate of drug-likeness (QED) is 0.725. The van der Waals surface area contributed by atoms with Gasteiger partial charge in [-0.1, -0.05) is 30.5 Å². The fourth-order valence-corrected chi connectivity index (χ4v) is 4.24. The van der Waals surface area contributed by atoms with Gasteiger partial charge in [0.05, 0.1) is 5.54 Å². The molecular weight excluding hydrogens is 352 g/mol. The zero-order valence-electron chi connectivity index (χ0n) is 15.0. The number of nitrogens with one attached hydrogen (secondary N) is 1. The van der Waals surface area contributed by atoms with Crippen molar-refractivity contribution in [2.45, 2.75) is 63.2 Å². The highest BCUT2D eigenvalue weighted by molar-refractivity contribution is 6.30. The highest BCUT2D eigenvalue weighted by Crippen LogP contribution is 2.31. The van der Waals surface area contributed by atoms with E-state index in [0.29, 0.717) is 43.9 Å². The van der Waals surface area contributed by atoms with Crippen LogP contribution in [0.4, 0.5) is 0 Å². The first-order chi connectivity index (χ1) is 12.4. The highest BCUT2D eigenvalue weighted by atomic mass is 35.5. The van der Waals surface area contributed by atoms with Gasteiger partial charge in [-0.2, -0.15) is 0 Å². The first kappa shape index (κ1) is 19.1. The van der Waals surface area contributed by atoms with E-state index < -0.39 is 11.6 Å². The number of carbonyl (C=O) groups excluding carboxylic acids is 2. The lowest BCUT2D eigenvalue weighted by Gasteiger charge is -2.32. The third-order valence-electron chi connectivity index (χ3n) is 5.58. The monoisotopic (exact) mass is 378 g/mol. The molecule has 142 valence electrons. The van der Waals surface area contributed by atoms with Crippen LogP contribution in [0.2, 0.25) is 5.02 Å². The average Bonchev–Trinajstić information content (AvgIpc) is 3.29. The molecule has 3 rings (SSSR count). The molecule has 1 saturated carbocycles. The second kappa shape index (κ2) is 7.94. The number of hydrogen-bond donors (Lipinski definition) is 3. The summed E-state index contributed by atoms with van der Waals surface area (Å²) in [5.41, 5.74) is 13.1. The van der Waals surface area contributed by atoms with E-state index in [0.717, 1.165) is 30.4 Å². The summed E-state index contributed by atoms with van der Waals surface area (Å²) in [4.78, 5) is 27.3. The number of likely N-dealkylation sites (tertiary alicyclic amines) is 1. The maximum atomic E-state index is 12.9. The van der Waals surface area contributed by atoms with Gasteiger partial charge in [-0.25, -0.2) is 0 Å². The van der Waals surface area contributed by atoms with Crippen LogP contribution in [-0.2, 0) is 22.7 Å². The molecule has 0 unspecified atom stereocenters. The molecule has 1 aromatic carbocycles. The lowest BCUT2D eigenvalue weighted by molar-refractivity contribution is -0.142. The van der Waals surface area contributed by atoms with Crippen LogP contribution in [0, 0.1) is 0 Å². The number of halogens is 1. The second-order valence-electron chi connectivity index (χ2n) is 7.35. The molecule has 1 saturated heterocycles. The fraction of sp³-hybridized carbons (Fsp3) is 0.579. The van der Waals surface area contributed by atoms with E-state index in [1.54, 1.807) is 11.0 Å². The Kier molecular flexibility index (Phi) is 5.85. The van der Waals surface area contributed by atoms with Crippen molar-refractivity contribution >= 4 is 23.4 Å². The van der Waals surface area contributed by atoms with E-state index in [-0.39, 0.29) is 11.8 Å². The molecule has 1 aromatic rings. The summed E-state index contributed by atoms with van der Waals surface area (Å²) in [6.45, 7) is 1.32. The summed E-state index contributed by atoms with van der Waals surface area (Å²) in [6, 6.07) is 5.03. The Bertz CT molecular complexity index is 688. The van der Waals surface area contributed by atoms with Gasteiger partial charge in [-0.3, -0.25) is 9.59 Å². The zero-order chi connectivity index (χ0) is 18.7. The number of hydrogen-bond acceptors (Lipinski definition) is 4. The maximum absolute atomic E-state index is 12.9. The van der Waals surface area contributed by atoms with Crippen molar-refractivity contribution in [3.05, 3.63) is 34.3 Å². The average molecular weight is 379 g/mol. The molecule has 1 aliphatic carbocycles. The van der Waals surface area contributed by atoms with Crippen molar-refractivity contribution in [2.24, 2.45) is 11.5 Å². The van der Waals surface area contributed by atoms with Gasteiger partial charge >= 0.3 is 0 Å². The lowest BCUT2D eigenvalue weighted by Crippen LogP contribution is -2.57. The van der Waals surface area contributed by atoms with E-state index in [2.05, 4.69) is 5.32 Å². The van der Waals surface area contributed by atoms with E-state index in [1.165, 1.54) is 0 Å². The van der Waals surface area contributed by atoms with Crippen molar-refractivity contribution in [2.75, 3.05) is 6.54 Å². The van der Waals surface area contributed by atoms with Crippen LogP contribution in [0.3, 0.4) is 0 Å². The maximum Gasteiger partial charge on any atom is 0.243 e. The van der Waals surface area contributed by atoms with E-state index in [1.807, 2.05) is 12.1 Å². The largest absolute Gasteiger partial charge is 0.350 e. The minimum Gasteiger partial charge on any atom is -0.350 e. The molecule has 2 aliphatic rings. The van der Waals surface area contributed by atoms with Crippen molar-refractivity contribution in [3.8, 4) is 0 Å². The zero-order valence-corrected chi connectivity index (χ0v) is 15.7. The Hall–Kier alpha value is -1.63. The summed E-state index contributed by atoms with van der Waals surface area (Å²) < 4.78 is 0. The second-order valence-corrected chi connectivity index (χ2v) is 7.79. The molecule has 2 amide bonds. The molecule has 0 aromatic heterocycles. The number of amides is 2. The number of nitrogens with two attached hydrogens (primary N) is 2. The molecule has 1 aliphatic heterocycles. The Morgan fingerprint density at radius 3 is 2.65 bits per heavy atom. The van der Waals surface area contributed by atoms with Gasteiger partial charge in [0.25, 0.3) is 0 Å². The number of nitrogens with zero attached hydrogens (tertiary/aromatic N) is 1. The smallest absolute Gasteiger partial charge is 0.243 e. The van der Waals surface area contributed by atoms with Crippen LogP contribution >= 0.6 is 11.6 Å². The molecule has 6 nitrogen and oxygen atoms in total. The summed E-state index contributed by atoms with van der Waals surface area (Å²) in [6.07, 6.45) is 4.86. The number of benzene rings is 1. The molecule has 0 spiro atoms. The molecule has 26 heavy (non-hydrogen) atoms. The summed E-state index contributed by atoms with van der Waals surface area (Å²) in [5, 5.41) is 3.55. The Morgan fingerprint density at radius 2 is 1.96 bits per heavy atom. The minimum absolute atomic E-state index is 0.0712. The minimum atomic E-state index is -0.789. The first-order valence-corrected chi connectivity index (χ1v) is 9.67. The summed E-state index contributed by atoms with van der Waals surface area (Å²) >= 11 is 6.05. The molecule has 1 heterocycles. The Balaban J connectivity index is 1.65. The fourth-order valence-electron chi connectivity index (χ4n) is 4.05. The predicted molar refractivity (Wildman–Crippen MR) is 101 cm³/mol. The molecule has 2 fully saturated rings. The number of carbonyl (C=O) groups is 2. The van der Waals surface area contributed by atoms with Crippen LogP contribution in [0.1, 0.15) is 49.7 Å². The summed E-state index contributed by atoms with van der Waals surface area (Å²) in [5.74, 6) is -0.210. The molecule has 0 radical (unpaired) electrons. The Labute approximate surface area is 159 Å². The van der Waals surface area contributed by atoms with Crippen LogP contribution in [0.15, 0.2) is 18.2 Å². The van der Waals surface area contributed by atoms with Crippen molar-refractivity contribution < 1.29 is 9.59 Å². The topological polar surface area (TPSA) is 101 Å². The summed E-state index contributed by atoms with van der Waals surface area (Å²) in [7, 11) is 0. The van der Waals surface area contributed by atoms with Gasteiger partial charge in [0.15, 0.2) is 0 Å². The van der Waals surface area contributed by atoms with Crippen LogP contribution < -0.4 is 16.8 Å². The normalized spacial score (nSPS) is 21.8. The van der Waals surface area contributed by atoms with Gasteiger partial charge in [-0.05, 0) is 48.9 Å². The first-order valence-electron chi connectivity index (χ1n) is 9.29. The molecule has 1 atom stereocenters. The van der Waals surface area contributed by atoms with Gasteiger partial charge in [0, 0.05) is 24.7 Å². The lowest BCUT2D eigenvalue weighted by atomic mass is 9.96. The van der Waals surface area contributed by atoms with E-state index in [9.17, 15) is 9.59 Å². The predicted octanol–water partition coefficient (Wildman–Crippen LogP) is 1.68. The third kappa shape index (κ3) is 3.87. The van der Waals surface area contributed by atoms with Crippen molar-refractivity contribution in [1.29, 1.82) is 0 Å². The van der Waals surface area contributed by atoms with Gasteiger partial charge < -0.3 is 21.7 Å². The van der Waals surface area contributed by atoms with Crippen molar-refractivity contribution in [1.82, 2.24) is 10.2 Å². The SMILES string of the molecule is NCc1ccc(Cl)cc1CNC(=O)[C@@H]1CCCN1C(=O)C1(N)CCCC1. The third-order valence-corrected chi connectivity index (χ3v) is 5.81. The van der Waals surface area contributed by atoms with Crippen LogP contribution in [-0.4, -0.2) is 34.8 Å². The van der Waals surface area contributed by atoms with Gasteiger partial charge in [-0.15, -0.1) is 0 Å².